The molecule has 0 saturated heterocycles. The average Bonchev–Trinajstić information content (AvgIpc) is 3.10. The van der Waals surface area contributed by atoms with Crippen LogP contribution >= 0.6 is 11.3 Å². The van der Waals surface area contributed by atoms with Gasteiger partial charge in [0.05, 0.1) is 16.7 Å². The fourth-order valence-electron chi connectivity index (χ4n) is 2.92. The number of thiazole rings is 1. The number of aromatic nitrogens is 4. The minimum atomic E-state index is 0.218. The van der Waals surface area contributed by atoms with Crippen LogP contribution in [0.25, 0.3) is 0 Å². The molecule has 6 heteroatoms. The molecule has 0 radical (unpaired) electrons. The lowest BCUT2D eigenvalue weighted by Crippen LogP contribution is -2.23. The maximum atomic E-state index is 4.73. The summed E-state index contributed by atoms with van der Waals surface area (Å²) in [6.45, 7) is 4.04. The van der Waals surface area contributed by atoms with E-state index < -0.39 is 0 Å². The Morgan fingerprint density at radius 3 is 3.14 bits per heavy atom. The van der Waals surface area contributed by atoms with E-state index in [1.807, 2.05) is 11.3 Å². The summed E-state index contributed by atoms with van der Waals surface area (Å²) in [5.74, 6) is 2.97. The van der Waals surface area contributed by atoms with Crippen molar-refractivity contribution < 1.29 is 0 Å². The first-order valence-corrected chi connectivity index (χ1v) is 8.79. The van der Waals surface area contributed by atoms with Crippen LogP contribution in [0.5, 0.6) is 0 Å². The SMILES string of the molecule is C[C@@H](NCc1csc(C2CC2)n1)c1nnc2n1CCCC2. The van der Waals surface area contributed by atoms with Gasteiger partial charge in [-0.25, -0.2) is 4.98 Å². The molecule has 0 aromatic carbocycles. The molecule has 0 amide bonds. The van der Waals surface area contributed by atoms with E-state index in [9.17, 15) is 0 Å². The molecular formula is C15H21N5S. The van der Waals surface area contributed by atoms with Gasteiger partial charge in [0.15, 0.2) is 0 Å². The Labute approximate surface area is 128 Å². The molecule has 5 nitrogen and oxygen atoms in total. The lowest BCUT2D eigenvalue weighted by molar-refractivity contribution is 0.464. The van der Waals surface area contributed by atoms with Gasteiger partial charge in [0.2, 0.25) is 0 Å². The fourth-order valence-corrected chi connectivity index (χ4v) is 3.91. The minimum absolute atomic E-state index is 0.218. The second-order valence-corrected chi connectivity index (χ2v) is 7.03. The standard InChI is InChI=1S/C15H21N5S/c1-10(14-19-18-13-4-2-3-7-20(13)14)16-8-12-9-21-15(17-12)11-5-6-11/h9-11,16H,2-8H2,1H3/t10-/m1/s1. The Balaban J connectivity index is 1.40. The predicted molar refractivity (Wildman–Crippen MR) is 82.3 cm³/mol. The van der Waals surface area contributed by atoms with Gasteiger partial charge in [0.25, 0.3) is 0 Å². The van der Waals surface area contributed by atoms with Crippen LogP contribution in [0.4, 0.5) is 0 Å². The van der Waals surface area contributed by atoms with Crippen LogP contribution in [0, 0.1) is 0 Å². The van der Waals surface area contributed by atoms with Crippen molar-refractivity contribution in [1.82, 2.24) is 25.1 Å². The van der Waals surface area contributed by atoms with Crippen molar-refractivity contribution in [2.45, 2.75) is 64.1 Å². The summed E-state index contributed by atoms with van der Waals surface area (Å²) in [6.07, 6.45) is 6.19. The van der Waals surface area contributed by atoms with E-state index in [0.29, 0.717) is 0 Å². The Hall–Kier alpha value is -1.27. The third kappa shape index (κ3) is 2.74. The molecule has 1 N–H and O–H groups in total. The van der Waals surface area contributed by atoms with Gasteiger partial charge in [-0.3, -0.25) is 0 Å². The van der Waals surface area contributed by atoms with E-state index >= 15 is 0 Å². The molecule has 0 spiro atoms. The van der Waals surface area contributed by atoms with E-state index in [0.717, 1.165) is 42.8 Å². The molecule has 2 aromatic heterocycles. The molecule has 1 atom stereocenters. The highest BCUT2D eigenvalue weighted by molar-refractivity contribution is 7.09. The van der Waals surface area contributed by atoms with E-state index in [2.05, 4.69) is 32.4 Å². The summed E-state index contributed by atoms with van der Waals surface area (Å²) in [5, 5.41) is 15.8. The van der Waals surface area contributed by atoms with Crippen LogP contribution < -0.4 is 5.32 Å². The lowest BCUT2D eigenvalue weighted by atomic mass is 10.1. The molecule has 1 aliphatic heterocycles. The molecule has 1 fully saturated rings. The van der Waals surface area contributed by atoms with Crippen molar-refractivity contribution in [2.75, 3.05) is 0 Å². The average molecular weight is 303 g/mol. The largest absolute Gasteiger partial charge is 0.314 e. The van der Waals surface area contributed by atoms with Crippen molar-refractivity contribution in [3.63, 3.8) is 0 Å². The topological polar surface area (TPSA) is 55.6 Å². The molecule has 0 unspecified atom stereocenters. The summed E-state index contributed by atoms with van der Waals surface area (Å²) in [7, 11) is 0. The second kappa shape index (κ2) is 5.50. The zero-order valence-electron chi connectivity index (χ0n) is 12.4. The molecule has 1 saturated carbocycles. The van der Waals surface area contributed by atoms with Crippen molar-refractivity contribution in [3.8, 4) is 0 Å². The van der Waals surface area contributed by atoms with E-state index in [1.54, 1.807) is 0 Å². The third-order valence-corrected chi connectivity index (χ3v) is 5.42. The summed E-state index contributed by atoms with van der Waals surface area (Å²) in [4.78, 5) is 4.73. The van der Waals surface area contributed by atoms with Crippen LogP contribution in [-0.2, 0) is 19.5 Å². The van der Waals surface area contributed by atoms with Gasteiger partial charge in [-0.05, 0) is 32.6 Å². The number of nitrogens with one attached hydrogen (secondary N) is 1. The third-order valence-electron chi connectivity index (χ3n) is 4.36. The molecule has 2 aliphatic rings. The van der Waals surface area contributed by atoms with Gasteiger partial charge in [-0.15, -0.1) is 21.5 Å². The smallest absolute Gasteiger partial charge is 0.149 e. The van der Waals surface area contributed by atoms with Gasteiger partial charge in [-0.2, -0.15) is 0 Å². The molecule has 4 rings (SSSR count). The van der Waals surface area contributed by atoms with Gasteiger partial charge < -0.3 is 9.88 Å². The quantitative estimate of drug-likeness (QED) is 0.923. The fraction of sp³-hybridized carbons (Fsp3) is 0.667. The first-order chi connectivity index (χ1) is 10.3. The zero-order valence-corrected chi connectivity index (χ0v) is 13.2. The highest BCUT2D eigenvalue weighted by atomic mass is 32.1. The first kappa shape index (κ1) is 13.4. The summed E-state index contributed by atoms with van der Waals surface area (Å²) in [5.41, 5.74) is 1.16. The monoisotopic (exact) mass is 303 g/mol. The number of rotatable bonds is 5. The van der Waals surface area contributed by atoms with Crippen LogP contribution in [0.1, 0.15) is 66.9 Å². The van der Waals surface area contributed by atoms with Crippen molar-refractivity contribution in [1.29, 1.82) is 0 Å². The number of fused-ring (bicyclic) bond motifs is 1. The van der Waals surface area contributed by atoms with Gasteiger partial charge in [0.1, 0.15) is 11.6 Å². The van der Waals surface area contributed by atoms with Crippen LogP contribution in [0.3, 0.4) is 0 Å². The summed E-state index contributed by atoms with van der Waals surface area (Å²) < 4.78 is 2.29. The Morgan fingerprint density at radius 2 is 2.29 bits per heavy atom. The highest BCUT2D eigenvalue weighted by Gasteiger charge is 2.26. The highest BCUT2D eigenvalue weighted by Crippen LogP contribution is 2.41. The van der Waals surface area contributed by atoms with Gasteiger partial charge in [0, 0.05) is 30.8 Å². The molecule has 3 heterocycles. The summed E-state index contributed by atoms with van der Waals surface area (Å²) in [6, 6.07) is 0.218. The second-order valence-electron chi connectivity index (χ2n) is 6.14. The minimum Gasteiger partial charge on any atom is -0.314 e. The lowest BCUT2D eigenvalue weighted by Gasteiger charge is -2.18. The molecule has 0 bridgehead atoms. The summed E-state index contributed by atoms with van der Waals surface area (Å²) >= 11 is 1.81. The molecular weight excluding hydrogens is 282 g/mol. The zero-order chi connectivity index (χ0) is 14.2. The molecule has 1 aliphatic carbocycles. The molecule has 112 valence electrons. The maximum absolute atomic E-state index is 4.73. The van der Waals surface area contributed by atoms with Crippen molar-refractivity contribution >= 4 is 11.3 Å². The van der Waals surface area contributed by atoms with E-state index in [1.165, 1.54) is 30.7 Å². The number of hydrogen-bond donors (Lipinski definition) is 1. The van der Waals surface area contributed by atoms with Crippen LogP contribution in [0.2, 0.25) is 0 Å². The number of hydrogen-bond acceptors (Lipinski definition) is 5. The normalized spacial score (nSPS) is 19.5. The number of nitrogens with zero attached hydrogens (tertiary/aromatic N) is 4. The van der Waals surface area contributed by atoms with Crippen LogP contribution in [-0.4, -0.2) is 19.7 Å². The number of aryl methyl sites for hydroxylation is 1. The predicted octanol–water partition coefficient (Wildman–Crippen LogP) is 2.80. The van der Waals surface area contributed by atoms with Crippen molar-refractivity contribution in [2.24, 2.45) is 0 Å². The first-order valence-electron chi connectivity index (χ1n) is 7.91. The van der Waals surface area contributed by atoms with Gasteiger partial charge >= 0.3 is 0 Å². The van der Waals surface area contributed by atoms with Crippen molar-refractivity contribution in [3.05, 3.63) is 27.7 Å². The Morgan fingerprint density at radius 1 is 1.38 bits per heavy atom. The van der Waals surface area contributed by atoms with Gasteiger partial charge in [-0.1, -0.05) is 0 Å². The van der Waals surface area contributed by atoms with Crippen LogP contribution in [0.15, 0.2) is 5.38 Å². The Kier molecular flexibility index (Phi) is 3.51. The maximum Gasteiger partial charge on any atom is 0.149 e. The Bertz CT molecular complexity index is 628. The molecule has 21 heavy (non-hydrogen) atoms. The molecule has 2 aromatic rings. The van der Waals surface area contributed by atoms with E-state index in [-0.39, 0.29) is 6.04 Å². The van der Waals surface area contributed by atoms with E-state index in [4.69, 9.17) is 4.98 Å².